The lowest BCUT2D eigenvalue weighted by molar-refractivity contribution is 0.229. The van der Waals surface area contributed by atoms with E-state index in [0.29, 0.717) is 5.75 Å². The minimum Gasteiger partial charge on any atom is -0.507 e. The molecule has 1 aliphatic heterocycles. The smallest absolute Gasteiger partial charge is 0.145 e. The molecule has 0 fully saturated rings. The molecular formula is C30H30N2O. The molecule has 0 saturated heterocycles. The van der Waals surface area contributed by atoms with Crippen molar-refractivity contribution in [3.05, 3.63) is 126 Å². The number of aromatic nitrogens is 1. The summed E-state index contributed by atoms with van der Waals surface area (Å²) in [5.74, 6) is 0.292. The van der Waals surface area contributed by atoms with Crippen molar-refractivity contribution in [2.45, 2.75) is 31.3 Å². The van der Waals surface area contributed by atoms with Crippen molar-refractivity contribution in [3.8, 4) is 5.75 Å². The van der Waals surface area contributed by atoms with Crippen LogP contribution >= 0.6 is 0 Å². The summed E-state index contributed by atoms with van der Waals surface area (Å²) in [6.45, 7) is 5.51. The highest BCUT2D eigenvalue weighted by atomic mass is 16.3. The summed E-state index contributed by atoms with van der Waals surface area (Å²) in [7, 11) is 0. The Balaban J connectivity index is 1.68. The number of para-hydroxylation sites is 2. The first-order valence-corrected chi connectivity index (χ1v) is 11.6. The number of aromatic hydroxyl groups is 1. The molecule has 4 aromatic rings. The summed E-state index contributed by atoms with van der Waals surface area (Å²) in [4.78, 5) is 2.53. The van der Waals surface area contributed by atoms with Crippen LogP contribution in [0.1, 0.15) is 30.5 Å². The zero-order chi connectivity index (χ0) is 22.9. The maximum absolute atomic E-state index is 10.4. The van der Waals surface area contributed by atoms with Gasteiger partial charge in [0.1, 0.15) is 11.4 Å². The van der Waals surface area contributed by atoms with Crippen LogP contribution < -0.4 is 4.90 Å². The van der Waals surface area contributed by atoms with Crippen LogP contribution in [0.5, 0.6) is 5.75 Å². The number of phenols is 1. The van der Waals surface area contributed by atoms with Gasteiger partial charge in [0.2, 0.25) is 0 Å². The number of benzene rings is 3. The molecule has 3 aromatic carbocycles. The van der Waals surface area contributed by atoms with Gasteiger partial charge in [0, 0.05) is 35.6 Å². The Bertz CT molecular complexity index is 1260. The molecule has 1 aromatic heterocycles. The van der Waals surface area contributed by atoms with Crippen molar-refractivity contribution in [1.29, 1.82) is 0 Å². The van der Waals surface area contributed by atoms with Crippen molar-refractivity contribution >= 4 is 11.8 Å². The third kappa shape index (κ3) is 3.45. The van der Waals surface area contributed by atoms with Gasteiger partial charge in [0.15, 0.2) is 0 Å². The fourth-order valence-corrected chi connectivity index (χ4v) is 5.38. The third-order valence-corrected chi connectivity index (χ3v) is 7.10. The molecule has 0 bridgehead atoms. The second-order valence-corrected chi connectivity index (χ2v) is 9.24. The summed E-state index contributed by atoms with van der Waals surface area (Å²) in [5, 5.41) is 10.4. The van der Waals surface area contributed by atoms with Gasteiger partial charge in [0.05, 0.1) is 0 Å². The fourth-order valence-electron chi connectivity index (χ4n) is 5.38. The Hall–Kier alpha value is -3.72. The number of fused-ring (bicyclic) bond motifs is 1. The maximum atomic E-state index is 10.4. The number of hydrogen-bond donors (Lipinski definition) is 1. The van der Waals surface area contributed by atoms with Gasteiger partial charge in [-0.1, -0.05) is 86.7 Å². The highest BCUT2D eigenvalue weighted by molar-refractivity contribution is 5.69. The van der Waals surface area contributed by atoms with E-state index in [1.165, 1.54) is 16.8 Å². The van der Waals surface area contributed by atoms with Gasteiger partial charge >= 0.3 is 0 Å². The fraction of sp³-hybridized carbons (Fsp3) is 0.200. The molecule has 3 heteroatoms. The first-order valence-electron chi connectivity index (χ1n) is 11.6. The Morgan fingerprint density at radius 3 is 2.21 bits per heavy atom. The Labute approximate surface area is 196 Å². The van der Waals surface area contributed by atoms with E-state index in [4.69, 9.17) is 0 Å². The van der Waals surface area contributed by atoms with E-state index < -0.39 is 5.66 Å². The van der Waals surface area contributed by atoms with Crippen LogP contribution in [-0.4, -0.2) is 16.2 Å². The molecule has 1 unspecified atom stereocenters. The predicted octanol–water partition coefficient (Wildman–Crippen LogP) is 6.60. The van der Waals surface area contributed by atoms with E-state index in [-0.39, 0.29) is 5.41 Å². The maximum Gasteiger partial charge on any atom is 0.145 e. The monoisotopic (exact) mass is 434 g/mol. The molecule has 0 aliphatic carbocycles. The molecule has 5 rings (SSSR count). The number of hydrogen-bond acceptors (Lipinski definition) is 2. The van der Waals surface area contributed by atoms with E-state index in [1.54, 1.807) is 6.07 Å². The molecule has 0 radical (unpaired) electrons. The highest BCUT2D eigenvalue weighted by Crippen LogP contribution is 2.55. The van der Waals surface area contributed by atoms with Crippen LogP contribution in [0.4, 0.5) is 5.69 Å². The van der Waals surface area contributed by atoms with Crippen LogP contribution in [0.25, 0.3) is 6.08 Å². The Morgan fingerprint density at radius 1 is 0.788 bits per heavy atom. The molecule has 1 aliphatic rings. The molecular weight excluding hydrogens is 404 g/mol. The number of anilines is 1. The van der Waals surface area contributed by atoms with Crippen LogP contribution in [0.2, 0.25) is 0 Å². The standard InChI is InChI=1S/C30H30N2O/c1-29(2)26-15-7-8-16-27(26)32(23-19-24-12-4-3-5-13-24)30(29,31-21-10-11-22-31)20-18-25-14-6-9-17-28(25)33/h3-18,20-22,33H,19,23H2,1-2H3. The molecule has 33 heavy (non-hydrogen) atoms. The SMILES string of the molecule is CC1(C)c2ccccc2N(CCc2ccccc2)C1(C=Cc1ccccc1O)n1cccc1. The van der Waals surface area contributed by atoms with E-state index >= 15 is 0 Å². The second-order valence-electron chi connectivity index (χ2n) is 9.24. The Kier molecular flexibility index (Phi) is 5.33. The van der Waals surface area contributed by atoms with Crippen molar-refractivity contribution in [1.82, 2.24) is 4.57 Å². The lowest BCUT2D eigenvalue weighted by Crippen LogP contribution is -2.56. The van der Waals surface area contributed by atoms with Gasteiger partial charge in [-0.2, -0.15) is 0 Å². The topological polar surface area (TPSA) is 28.4 Å². The second kappa shape index (κ2) is 8.32. The van der Waals surface area contributed by atoms with E-state index in [2.05, 4.69) is 115 Å². The van der Waals surface area contributed by atoms with Gasteiger partial charge in [-0.05, 0) is 47.9 Å². The van der Waals surface area contributed by atoms with Gasteiger partial charge in [-0.15, -0.1) is 0 Å². The predicted molar refractivity (Wildman–Crippen MR) is 137 cm³/mol. The zero-order valence-electron chi connectivity index (χ0n) is 19.2. The lowest BCUT2D eigenvalue weighted by atomic mass is 9.74. The molecule has 1 N–H and O–H groups in total. The first-order chi connectivity index (χ1) is 16.0. The number of phenolic OH excluding ortho intramolecular Hbond substituents is 1. The van der Waals surface area contributed by atoms with Gasteiger partial charge < -0.3 is 14.6 Å². The first kappa shape index (κ1) is 21.1. The molecule has 1 atom stereocenters. The highest BCUT2D eigenvalue weighted by Gasteiger charge is 2.56. The number of rotatable bonds is 6. The summed E-state index contributed by atoms with van der Waals surface area (Å²) in [6, 6.07) is 31.1. The van der Waals surface area contributed by atoms with E-state index in [1.807, 2.05) is 18.2 Å². The summed E-state index contributed by atoms with van der Waals surface area (Å²) in [6.07, 6.45) is 9.58. The van der Waals surface area contributed by atoms with E-state index in [9.17, 15) is 5.11 Å². The molecule has 0 amide bonds. The summed E-state index contributed by atoms with van der Waals surface area (Å²) in [5.41, 5.74) is 4.03. The Morgan fingerprint density at radius 2 is 1.45 bits per heavy atom. The third-order valence-electron chi connectivity index (χ3n) is 7.10. The quantitative estimate of drug-likeness (QED) is 0.370. The molecule has 166 valence electrons. The van der Waals surface area contributed by atoms with Crippen LogP contribution in [0, 0.1) is 0 Å². The van der Waals surface area contributed by atoms with Crippen molar-refractivity contribution in [2.24, 2.45) is 0 Å². The van der Waals surface area contributed by atoms with Gasteiger partial charge in [-0.25, -0.2) is 0 Å². The normalized spacial score (nSPS) is 19.2. The molecule has 0 saturated carbocycles. The summed E-state index contributed by atoms with van der Waals surface area (Å²) < 4.78 is 2.31. The molecule has 0 spiro atoms. The zero-order valence-corrected chi connectivity index (χ0v) is 19.2. The van der Waals surface area contributed by atoms with Crippen LogP contribution in [0.15, 0.2) is 109 Å². The van der Waals surface area contributed by atoms with Crippen LogP contribution in [-0.2, 0) is 17.5 Å². The van der Waals surface area contributed by atoms with Crippen molar-refractivity contribution in [2.75, 3.05) is 11.4 Å². The molecule has 3 nitrogen and oxygen atoms in total. The minimum absolute atomic E-state index is 0.222. The summed E-state index contributed by atoms with van der Waals surface area (Å²) >= 11 is 0. The van der Waals surface area contributed by atoms with Gasteiger partial charge in [-0.3, -0.25) is 0 Å². The average molecular weight is 435 g/mol. The van der Waals surface area contributed by atoms with Gasteiger partial charge in [0.25, 0.3) is 0 Å². The average Bonchev–Trinajstić information content (AvgIpc) is 3.43. The molecule has 2 heterocycles. The van der Waals surface area contributed by atoms with Crippen molar-refractivity contribution in [3.63, 3.8) is 0 Å². The minimum atomic E-state index is -0.475. The largest absolute Gasteiger partial charge is 0.507 e. The van der Waals surface area contributed by atoms with Crippen molar-refractivity contribution < 1.29 is 5.11 Å². The van der Waals surface area contributed by atoms with Crippen LogP contribution in [0.3, 0.4) is 0 Å². The van der Waals surface area contributed by atoms with E-state index in [0.717, 1.165) is 18.5 Å². The lowest BCUT2D eigenvalue weighted by Gasteiger charge is -2.47. The number of nitrogens with zero attached hydrogens (tertiary/aromatic N) is 2.